The van der Waals surface area contributed by atoms with Crippen LogP contribution < -0.4 is 0 Å². The van der Waals surface area contributed by atoms with Crippen LogP contribution in [0.5, 0.6) is 0 Å². The van der Waals surface area contributed by atoms with Gasteiger partial charge in [-0.2, -0.15) is 0 Å². The molecule has 27 heteroatoms. The van der Waals surface area contributed by atoms with E-state index in [0.717, 1.165) is 0 Å². The predicted octanol–water partition coefficient (Wildman–Crippen LogP) is -6.69. The smallest absolute Gasteiger partial charge is 0.330 e. The van der Waals surface area contributed by atoms with Crippen LogP contribution in [0, 0.1) is 17.8 Å². The highest BCUT2D eigenvalue weighted by atomic mass is 16.7. The van der Waals surface area contributed by atoms with Gasteiger partial charge in [-0.1, -0.05) is 6.08 Å². The molecule has 76 heavy (non-hydrogen) atoms. The molecule has 5 heterocycles. The van der Waals surface area contributed by atoms with Crippen LogP contribution in [0.1, 0.15) is 71.1 Å². The topological polar surface area (TPSA) is 426 Å². The number of carbonyl (C=O) groups is 1. The molecule has 0 aromatic carbocycles. The lowest BCUT2D eigenvalue weighted by Gasteiger charge is -2.50. The summed E-state index contributed by atoms with van der Waals surface area (Å²) in [4.78, 5) is 13.0. The van der Waals surface area contributed by atoms with Gasteiger partial charge in [0.25, 0.3) is 0 Å². The standard InChI is InChI=1S/C49H80O27/c1-18-44(76-32(54)10-5-19-3-7-22(8-4-19)69-47-40(62)36(58)33(55)29(15-50)73-47)39(61)43(65)46(68-18)67-17-31-35(57)38(60)42(64)49(75-31)72-28-14-23-25(70-45(28)20-6-9-24(53)27(11-20)66-2)12-21(52)13-26(23)71-48-41(63)37(59)34(56)30(16-51)74-48/h5,10,18-31,33-53,55-65H,3-4,6-9,11-17H2,1-2H3/p+1/t18-,19?,20?,21?,22?,23?,24?,25?,26?,27?,28?,29+,30+,31+,33+,34+,35+,36-,37-,38-,39-,40+,41+,42+,43+,44-,45?,46+,47+,48+,49+/m0/s1. The average Bonchev–Trinajstić information content (AvgIpc) is 3.41. The van der Waals surface area contributed by atoms with E-state index >= 15 is 0 Å². The molecule has 8 rings (SSSR count). The summed E-state index contributed by atoms with van der Waals surface area (Å²) < 4.78 is 63.8. The minimum atomic E-state index is -1.85. The van der Waals surface area contributed by atoms with Gasteiger partial charge < -0.3 is 129 Å². The van der Waals surface area contributed by atoms with Crippen molar-refractivity contribution in [3.8, 4) is 0 Å². The van der Waals surface area contributed by atoms with E-state index < -0.39 is 197 Å². The van der Waals surface area contributed by atoms with Crippen LogP contribution in [-0.4, -0.2) is 286 Å². The van der Waals surface area contributed by atoms with Crippen LogP contribution in [-0.2, 0) is 52.2 Å². The zero-order chi connectivity index (χ0) is 54.9. The lowest BCUT2D eigenvalue weighted by atomic mass is 9.72. The van der Waals surface area contributed by atoms with Gasteiger partial charge in [0.1, 0.15) is 91.6 Å². The van der Waals surface area contributed by atoms with Crippen molar-refractivity contribution in [3.05, 3.63) is 12.2 Å². The Balaban J connectivity index is 0.866. The quantitative estimate of drug-likeness (QED) is 0.0388. The molecule has 5 aliphatic heterocycles. The molecule has 0 bridgehead atoms. The average molecular weight is 1100 g/mol. The lowest BCUT2D eigenvalue weighted by Crippen LogP contribution is -2.64. The highest BCUT2D eigenvalue weighted by molar-refractivity contribution is 5.82. The van der Waals surface area contributed by atoms with Crippen LogP contribution >= 0.6 is 0 Å². The minimum absolute atomic E-state index is 0.0423. The summed E-state index contributed by atoms with van der Waals surface area (Å²) in [6.07, 6.45) is -29.7. The number of aliphatic hydroxyl groups is 17. The molecule has 5 saturated heterocycles. The first-order valence-electron chi connectivity index (χ1n) is 26.6. The normalized spacial score (nSPS) is 51.5. The molecule has 3 aliphatic carbocycles. The van der Waals surface area contributed by atoms with E-state index in [0.29, 0.717) is 44.9 Å². The molecular formula is C49H81O27+. The van der Waals surface area contributed by atoms with Crippen molar-refractivity contribution in [1.29, 1.82) is 0 Å². The number of esters is 1. The third-order valence-corrected chi connectivity index (χ3v) is 16.8. The number of aliphatic hydroxyl groups excluding tert-OH is 15. The fraction of sp³-hybridized carbons (Fsp3) is 0.939. The number of ether oxygens (including phenoxy) is 11. The van der Waals surface area contributed by atoms with Crippen molar-refractivity contribution in [1.82, 2.24) is 0 Å². The Bertz CT molecular complexity index is 1840. The van der Waals surface area contributed by atoms with Crippen molar-refractivity contribution < 1.29 is 133 Å². The van der Waals surface area contributed by atoms with E-state index in [9.17, 15) is 81.4 Å². The molecular weight excluding hydrogens is 1020 g/mol. The summed E-state index contributed by atoms with van der Waals surface area (Å²) >= 11 is 0. The van der Waals surface area contributed by atoms with E-state index in [2.05, 4.69) is 0 Å². The Kier molecular flexibility index (Phi) is 21.0. The number of fused-ring (bicyclic) bond motifs is 1. The van der Waals surface area contributed by atoms with Crippen LogP contribution in [0.15, 0.2) is 12.2 Å². The highest BCUT2D eigenvalue weighted by Gasteiger charge is 2.57. The van der Waals surface area contributed by atoms with Gasteiger partial charge in [0.05, 0.1) is 62.4 Å². The van der Waals surface area contributed by atoms with Crippen LogP contribution in [0.3, 0.4) is 0 Å². The van der Waals surface area contributed by atoms with Crippen molar-refractivity contribution in [2.75, 3.05) is 26.9 Å². The van der Waals surface area contributed by atoms with Crippen molar-refractivity contribution in [2.45, 2.75) is 243 Å². The Morgan fingerprint density at radius 3 is 1.71 bits per heavy atom. The molecule has 438 valence electrons. The Morgan fingerprint density at radius 1 is 0.566 bits per heavy atom. The van der Waals surface area contributed by atoms with Crippen molar-refractivity contribution in [3.63, 3.8) is 0 Å². The number of rotatable bonds is 16. The van der Waals surface area contributed by atoms with Gasteiger partial charge in [-0.15, -0.1) is 0 Å². The highest BCUT2D eigenvalue weighted by Crippen LogP contribution is 2.44. The van der Waals surface area contributed by atoms with Crippen LogP contribution in [0.2, 0.25) is 0 Å². The third kappa shape index (κ3) is 13.4. The fourth-order valence-corrected chi connectivity index (χ4v) is 12.2. The number of allylic oxidation sites excluding steroid dienone is 1. The maximum absolute atomic E-state index is 13.0. The predicted molar refractivity (Wildman–Crippen MR) is 249 cm³/mol. The van der Waals surface area contributed by atoms with Gasteiger partial charge in [0, 0.05) is 31.9 Å². The Labute approximate surface area is 438 Å². The SMILES string of the molecule is COC1CC(C2[OH+]C3CC(O)CC(O[C@@H]4O[C@H](CO)[C@@H](O)[C@H](O)[C@H]4O)C3CC2O[C@@H]2O[C@H](CO[C@@H]3O[C@@H](C)[C@H](OC(=O)C=CC4CCC(O[C@@H]5O[C@H](CO)[C@@H](O)[C@H](O)[C@H]5O)CC4)[C@@H](O)[C@H]3O)[C@@H](O)[C@H](O)[C@H]2O)CCC1O. The molecule has 16 N–H and O–H groups in total. The summed E-state index contributed by atoms with van der Waals surface area (Å²) in [5.41, 5.74) is 0. The van der Waals surface area contributed by atoms with E-state index in [1.54, 1.807) is 6.08 Å². The number of methoxy groups -OCH3 is 1. The number of hydrogen-bond donors (Lipinski definition) is 15. The molecule has 29 atom stereocenters. The monoisotopic (exact) mass is 1100 g/mol. The van der Waals surface area contributed by atoms with E-state index in [1.165, 1.54) is 20.1 Å². The first-order chi connectivity index (χ1) is 36.2. The summed E-state index contributed by atoms with van der Waals surface area (Å²) in [7, 11) is 1.48. The van der Waals surface area contributed by atoms with Crippen molar-refractivity contribution in [2.24, 2.45) is 17.8 Å². The fourth-order valence-electron chi connectivity index (χ4n) is 12.2. The second-order valence-corrected chi connectivity index (χ2v) is 21.9. The molecule has 0 radical (unpaired) electrons. The van der Waals surface area contributed by atoms with Gasteiger partial charge in [-0.05, 0) is 64.2 Å². The van der Waals surface area contributed by atoms with E-state index in [1.807, 2.05) is 0 Å². The van der Waals surface area contributed by atoms with Gasteiger partial charge in [0.2, 0.25) is 0 Å². The Hall–Kier alpha value is -1.79. The van der Waals surface area contributed by atoms with Gasteiger partial charge in [0.15, 0.2) is 43.5 Å². The zero-order valence-electron chi connectivity index (χ0n) is 42.4. The molecule has 0 amide bonds. The summed E-state index contributed by atoms with van der Waals surface area (Å²) in [6.45, 7) is -0.382. The maximum Gasteiger partial charge on any atom is 0.330 e. The van der Waals surface area contributed by atoms with Gasteiger partial charge in [-0.3, -0.25) is 0 Å². The molecule has 8 fully saturated rings. The van der Waals surface area contributed by atoms with Gasteiger partial charge in [-0.25, -0.2) is 4.79 Å². The maximum atomic E-state index is 13.0. The largest absolute Gasteiger partial charge is 0.454 e. The molecule has 0 spiro atoms. The summed E-state index contributed by atoms with van der Waals surface area (Å²) in [5, 5.41) is 159. The van der Waals surface area contributed by atoms with Crippen LogP contribution in [0.25, 0.3) is 0 Å². The van der Waals surface area contributed by atoms with E-state index in [-0.39, 0.29) is 37.2 Å². The first kappa shape index (κ1) is 60.3. The summed E-state index contributed by atoms with van der Waals surface area (Å²) in [5.74, 6) is -1.70. The second kappa shape index (κ2) is 26.4. The minimum Gasteiger partial charge on any atom is -0.454 e. The van der Waals surface area contributed by atoms with Crippen LogP contribution in [0.4, 0.5) is 0 Å². The molecule has 0 aromatic rings. The first-order valence-corrected chi connectivity index (χ1v) is 26.6. The molecule has 0 aromatic heterocycles. The van der Waals surface area contributed by atoms with Crippen molar-refractivity contribution >= 4 is 5.97 Å². The molecule has 9 unspecified atom stereocenters. The van der Waals surface area contributed by atoms with E-state index in [4.69, 9.17) is 52.1 Å². The van der Waals surface area contributed by atoms with Gasteiger partial charge >= 0.3 is 5.97 Å². The molecule has 27 nitrogen and oxygen atoms in total. The third-order valence-electron chi connectivity index (χ3n) is 16.8. The second-order valence-electron chi connectivity index (χ2n) is 21.9. The summed E-state index contributed by atoms with van der Waals surface area (Å²) in [6, 6.07) is 0. The molecule has 8 aliphatic rings. The lowest BCUT2D eigenvalue weighted by molar-refractivity contribution is -0.370. The number of carbonyl (C=O) groups excluding carboxylic acids is 1. The number of hydrogen-bond acceptors (Lipinski definition) is 26. The molecule has 3 saturated carbocycles. The zero-order valence-corrected chi connectivity index (χ0v) is 42.4. The Morgan fingerprint density at radius 2 is 1.12 bits per heavy atom.